The zero-order valence-electron chi connectivity index (χ0n) is 27.5. The number of sulfone groups is 1. The van der Waals surface area contributed by atoms with Gasteiger partial charge in [-0.15, -0.1) is 0 Å². The van der Waals surface area contributed by atoms with E-state index < -0.39 is 50.7 Å². The Balaban J connectivity index is 1.32. The van der Waals surface area contributed by atoms with Crippen molar-refractivity contribution < 1.29 is 37.3 Å². The number of aryl methyl sites for hydroxylation is 1. The zero-order chi connectivity index (χ0) is 33.4. The molecule has 2 aromatic rings. The van der Waals surface area contributed by atoms with Gasteiger partial charge in [-0.3, -0.25) is 9.48 Å². The van der Waals surface area contributed by atoms with Crippen LogP contribution in [0.1, 0.15) is 58.5 Å². The van der Waals surface area contributed by atoms with Crippen molar-refractivity contribution in [3.8, 4) is 11.1 Å². The van der Waals surface area contributed by atoms with Gasteiger partial charge in [-0.2, -0.15) is 5.10 Å². The molecule has 1 aliphatic heterocycles. The molecule has 10 nitrogen and oxygen atoms in total. The van der Waals surface area contributed by atoms with Gasteiger partial charge >= 0.3 is 5.97 Å². The Hall–Kier alpha value is -3.12. The van der Waals surface area contributed by atoms with Gasteiger partial charge < -0.3 is 19.3 Å². The third kappa shape index (κ3) is 4.17. The lowest BCUT2D eigenvalue weighted by Gasteiger charge is -2.52. The zero-order valence-corrected chi connectivity index (χ0v) is 28.3. The van der Waals surface area contributed by atoms with E-state index in [0.29, 0.717) is 28.2 Å². The Morgan fingerprint density at radius 3 is 2.48 bits per heavy atom. The van der Waals surface area contributed by atoms with Crippen LogP contribution in [0.15, 0.2) is 58.7 Å². The van der Waals surface area contributed by atoms with Crippen molar-refractivity contribution in [1.82, 2.24) is 9.78 Å². The molecule has 4 aliphatic carbocycles. The van der Waals surface area contributed by atoms with Crippen molar-refractivity contribution in [2.24, 2.45) is 41.5 Å². The number of nitrogens with zero attached hydrogens (tertiary/aromatic N) is 2. The smallest absolute Gasteiger partial charge is 0.357 e. The second-order valence-electron chi connectivity index (χ2n) is 15.1. The van der Waals surface area contributed by atoms with Crippen LogP contribution in [-0.2, 0) is 35.9 Å². The van der Waals surface area contributed by atoms with Gasteiger partial charge in [-0.05, 0) is 79.2 Å². The number of rotatable bonds is 4. The standard InChI is InChI=1S/C35H42N2O8S/c1-18-15-34-19(2)13-25-26(32(25,3)4)23(28(34)38)14-21-17-43-33(5,6)45-30(21)35(34,40)29(18)44-31(39)27-24(16-36-37(27)7)20-9-11-22(12-10-20)46(8,41)42/h9-12,14-16,19,23,25-26,29-30,40H,13,17H2,1-8H3/t19-,23+,25-,26+,29+,30-,34+,35?/m1/s1. The van der Waals surface area contributed by atoms with E-state index in [1.807, 2.05) is 19.1 Å². The number of carbonyl (C=O) groups excluding carboxylic acids is 2. The molecule has 1 unspecified atom stereocenters. The number of esters is 1. The van der Waals surface area contributed by atoms with Crippen LogP contribution in [0.2, 0.25) is 0 Å². The molecular formula is C35H42N2O8S. The van der Waals surface area contributed by atoms with Crippen molar-refractivity contribution in [2.75, 3.05) is 12.9 Å². The first kappa shape index (κ1) is 31.5. The number of hydrogen-bond donors (Lipinski definition) is 1. The Morgan fingerprint density at radius 1 is 1.15 bits per heavy atom. The van der Waals surface area contributed by atoms with Crippen LogP contribution in [0.5, 0.6) is 0 Å². The molecule has 46 heavy (non-hydrogen) atoms. The molecule has 3 fully saturated rings. The fourth-order valence-corrected chi connectivity index (χ4v) is 9.87. The van der Waals surface area contributed by atoms with E-state index in [1.54, 1.807) is 40.0 Å². The van der Waals surface area contributed by atoms with Crippen molar-refractivity contribution in [2.45, 2.75) is 76.5 Å². The molecule has 5 aliphatic rings. The van der Waals surface area contributed by atoms with Gasteiger partial charge in [0.05, 0.1) is 23.1 Å². The minimum Gasteiger partial charge on any atom is -0.450 e. The van der Waals surface area contributed by atoms with Crippen LogP contribution in [-0.4, -0.2) is 71.5 Å². The highest BCUT2D eigenvalue weighted by Crippen LogP contribution is 2.72. The molecule has 246 valence electrons. The summed E-state index contributed by atoms with van der Waals surface area (Å²) in [5, 5.41) is 17.6. The third-order valence-electron chi connectivity index (χ3n) is 11.6. The first-order chi connectivity index (χ1) is 21.3. The second-order valence-corrected chi connectivity index (χ2v) is 17.1. The average Bonchev–Trinajstić information content (AvgIpc) is 3.23. The van der Waals surface area contributed by atoms with Crippen LogP contribution in [0, 0.1) is 34.5 Å². The maximum atomic E-state index is 15.0. The molecule has 8 atom stereocenters. The summed E-state index contributed by atoms with van der Waals surface area (Å²) < 4.78 is 44.4. The summed E-state index contributed by atoms with van der Waals surface area (Å²) in [5.41, 5.74) is -0.894. The number of Topliss-reactive ketones (excluding diaryl/α,β-unsaturated/α-hetero) is 1. The van der Waals surface area contributed by atoms with E-state index in [-0.39, 0.29) is 40.2 Å². The summed E-state index contributed by atoms with van der Waals surface area (Å²) in [6, 6.07) is 6.20. The summed E-state index contributed by atoms with van der Waals surface area (Å²) in [5.74, 6) is -2.09. The molecule has 2 bridgehead atoms. The van der Waals surface area contributed by atoms with Gasteiger partial charge in [0, 0.05) is 24.8 Å². The maximum absolute atomic E-state index is 15.0. The van der Waals surface area contributed by atoms with E-state index in [0.717, 1.165) is 12.7 Å². The molecule has 7 rings (SSSR count). The molecule has 2 saturated carbocycles. The normalized spacial score (nSPS) is 37.1. The minimum absolute atomic E-state index is 0.0143. The Morgan fingerprint density at radius 2 is 1.83 bits per heavy atom. The Kier molecular flexibility index (Phi) is 6.65. The lowest BCUT2D eigenvalue weighted by atomic mass is 9.59. The molecule has 1 aromatic carbocycles. The van der Waals surface area contributed by atoms with Gasteiger partial charge in [-0.1, -0.05) is 45.1 Å². The minimum atomic E-state index is -3.41. The number of aromatic nitrogens is 2. The molecule has 1 spiro atoms. The van der Waals surface area contributed by atoms with E-state index in [4.69, 9.17) is 14.2 Å². The van der Waals surface area contributed by atoms with Crippen molar-refractivity contribution in [3.05, 3.63) is 59.5 Å². The number of ketones is 1. The average molecular weight is 651 g/mol. The molecule has 0 amide bonds. The fraction of sp³-hybridized carbons (Fsp3) is 0.571. The fourth-order valence-electron chi connectivity index (χ4n) is 9.24. The summed E-state index contributed by atoms with van der Waals surface area (Å²) in [7, 11) is -1.79. The van der Waals surface area contributed by atoms with Crippen LogP contribution in [0.3, 0.4) is 0 Å². The number of fused-ring (bicyclic) bond motifs is 5. The monoisotopic (exact) mass is 650 g/mol. The first-order valence-electron chi connectivity index (χ1n) is 15.9. The van der Waals surface area contributed by atoms with Crippen LogP contribution in [0.4, 0.5) is 0 Å². The highest BCUT2D eigenvalue weighted by molar-refractivity contribution is 7.90. The SMILES string of the molecule is CC1=C[C@]23C(=O)[C@@H](C=C4COC(C)(C)O[C@H]4C2(O)[C@H]1OC(=O)c1c(-c2ccc(S(C)(=O)=O)cc2)cnn1C)[C@H]1[C@@H](C[C@H]3C)C1(C)C. The predicted molar refractivity (Wildman–Crippen MR) is 168 cm³/mol. The van der Waals surface area contributed by atoms with Crippen molar-refractivity contribution in [3.63, 3.8) is 0 Å². The Bertz CT molecular complexity index is 1840. The van der Waals surface area contributed by atoms with Crippen molar-refractivity contribution >= 4 is 21.6 Å². The summed E-state index contributed by atoms with van der Waals surface area (Å²) in [6.07, 6.45) is 5.07. The number of carbonyl (C=O) groups is 2. The van der Waals surface area contributed by atoms with Gasteiger partial charge in [0.15, 0.2) is 38.8 Å². The number of ether oxygens (including phenoxy) is 3. The van der Waals surface area contributed by atoms with E-state index in [2.05, 4.69) is 18.9 Å². The lowest BCUT2D eigenvalue weighted by molar-refractivity contribution is -0.302. The van der Waals surface area contributed by atoms with E-state index >= 15 is 0 Å². The number of allylic oxidation sites excluding steroid dienone is 1. The molecule has 1 N–H and O–H groups in total. The first-order valence-corrected chi connectivity index (χ1v) is 17.8. The van der Waals surface area contributed by atoms with Crippen LogP contribution in [0.25, 0.3) is 11.1 Å². The maximum Gasteiger partial charge on any atom is 0.357 e. The summed E-state index contributed by atoms with van der Waals surface area (Å²) in [4.78, 5) is 29.3. The number of hydrogen-bond acceptors (Lipinski definition) is 9. The lowest BCUT2D eigenvalue weighted by Crippen LogP contribution is -2.68. The third-order valence-corrected chi connectivity index (χ3v) is 12.7. The summed E-state index contributed by atoms with van der Waals surface area (Å²) >= 11 is 0. The highest BCUT2D eigenvalue weighted by atomic mass is 32.2. The topological polar surface area (TPSA) is 134 Å². The molecule has 0 radical (unpaired) electrons. The van der Waals surface area contributed by atoms with Crippen LogP contribution >= 0.6 is 0 Å². The summed E-state index contributed by atoms with van der Waals surface area (Å²) in [6.45, 7) is 12.0. The second kappa shape index (κ2) is 9.71. The number of aliphatic hydroxyl groups is 1. The van der Waals surface area contributed by atoms with E-state index in [1.165, 1.54) is 23.0 Å². The quantitative estimate of drug-likeness (QED) is 0.380. The largest absolute Gasteiger partial charge is 0.450 e. The van der Waals surface area contributed by atoms with Crippen molar-refractivity contribution in [1.29, 1.82) is 0 Å². The molecule has 2 heterocycles. The molecule has 1 aromatic heterocycles. The number of benzene rings is 1. The molecule has 11 heteroatoms. The van der Waals surface area contributed by atoms with E-state index in [9.17, 15) is 23.1 Å². The molecular weight excluding hydrogens is 608 g/mol. The Labute approximate surface area is 269 Å². The van der Waals surface area contributed by atoms with Gasteiger partial charge in [-0.25, -0.2) is 13.2 Å². The predicted octanol–water partition coefficient (Wildman–Crippen LogP) is 4.28. The van der Waals surface area contributed by atoms with Gasteiger partial charge in [0.1, 0.15) is 6.10 Å². The van der Waals surface area contributed by atoms with Crippen LogP contribution < -0.4 is 0 Å². The molecule has 1 saturated heterocycles. The highest BCUT2D eigenvalue weighted by Gasteiger charge is 2.77. The van der Waals surface area contributed by atoms with Gasteiger partial charge in [0.2, 0.25) is 0 Å². The van der Waals surface area contributed by atoms with Gasteiger partial charge in [0.25, 0.3) is 0 Å².